The Hall–Kier alpha value is -1.24. The lowest BCUT2D eigenvalue weighted by Crippen LogP contribution is -2.28. The van der Waals surface area contributed by atoms with Crippen molar-refractivity contribution < 1.29 is 21.6 Å². The maximum absolute atomic E-state index is 12.7. The third-order valence-electron chi connectivity index (χ3n) is 3.07. The molecule has 0 aliphatic heterocycles. The largest absolute Gasteiger partial charge is 0.501 e. The standard InChI is InChI=1S/C13H18F3NO2S/c1-4-10(9(2)3)17-11-7-5-6-8-12(11)20(18,19)13(14,15)16/h5-10,17H,4H2,1-3H3. The molecule has 1 rings (SSSR count). The van der Waals surface area contributed by atoms with Crippen LogP contribution in [0.5, 0.6) is 0 Å². The first-order valence-corrected chi connectivity index (χ1v) is 7.76. The maximum Gasteiger partial charge on any atom is 0.501 e. The monoisotopic (exact) mass is 309 g/mol. The first kappa shape index (κ1) is 16.8. The fourth-order valence-corrected chi connectivity index (χ4v) is 2.81. The minimum absolute atomic E-state index is 0.00891. The molecule has 0 fully saturated rings. The fourth-order valence-electron chi connectivity index (χ4n) is 1.88. The van der Waals surface area contributed by atoms with Gasteiger partial charge in [-0.15, -0.1) is 0 Å². The molecule has 1 atom stereocenters. The summed E-state index contributed by atoms with van der Waals surface area (Å²) in [5.41, 5.74) is -5.31. The Kier molecular flexibility index (Phi) is 5.07. The van der Waals surface area contributed by atoms with Gasteiger partial charge in [0.2, 0.25) is 0 Å². The molecule has 0 radical (unpaired) electrons. The number of sulfone groups is 1. The topological polar surface area (TPSA) is 46.2 Å². The number of anilines is 1. The van der Waals surface area contributed by atoms with Crippen LogP contribution >= 0.6 is 0 Å². The molecule has 0 aliphatic rings. The molecule has 1 N–H and O–H groups in total. The summed E-state index contributed by atoms with van der Waals surface area (Å²) in [4.78, 5) is -0.730. The fraction of sp³-hybridized carbons (Fsp3) is 0.538. The van der Waals surface area contributed by atoms with Crippen LogP contribution in [0.3, 0.4) is 0 Å². The van der Waals surface area contributed by atoms with Crippen LogP contribution in [0, 0.1) is 5.92 Å². The van der Waals surface area contributed by atoms with Gasteiger partial charge in [0.25, 0.3) is 9.84 Å². The molecule has 0 amide bonds. The van der Waals surface area contributed by atoms with Gasteiger partial charge in [0.05, 0.1) is 10.6 Å². The number of nitrogens with one attached hydrogen (secondary N) is 1. The predicted molar refractivity (Wildman–Crippen MR) is 72.2 cm³/mol. The maximum atomic E-state index is 12.7. The van der Waals surface area contributed by atoms with Crippen molar-refractivity contribution >= 4 is 15.5 Å². The number of para-hydroxylation sites is 1. The molecular formula is C13H18F3NO2S. The number of benzene rings is 1. The van der Waals surface area contributed by atoms with Gasteiger partial charge in [0, 0.05) is 6.04 Å². The third-order valence-corrected chi connectivity index (χ3v) is 4.61. The van der Waals surface area contributed by atoms with Crippen molar-refractivity contribution in [1.29, 1.82) is 0 Å². The highest BCUT2D eigenvalue weighted by Gasteiger charge is 2.48. The highest BCUT2D eigenvalue weighted by atomic mass is 32.2. The molecule has 0 saturated carbocycles. The van der Waals surface area contributed by atoms with E-state index < -0.39 is 20.2 Å². The molecule has 0 heterocycles. The van der Waals surface area contributed by atoms with Gasteiger partial charge in [0.15, 0.2) is 0 Å². The molecule has 1 aromatic rings. The van der Waals surface area contributed by atoms with Gasteiger partial charge < -0.3 is 5.32 Å². The Labute approximate surface area is 117 Å². The minimum atomic E-state index is -5.35. The summed E-state index contributed by atoms with van der Waals surface area (Å²) in [6.45, 7) is 5.72. The highest BCUT2D eigenvalue weighted by molar-refractivity contribution is 7.92. The molecule has 3 nitrogen and oxygen atoms in total. The van der Waals surface area contributed by atoms with E-state index in [4.69, 9.17) is 0 Å². The van der Waals surface area contributed by atoms with Crippen molar-refractivity contribution in [3.63, 3.8) is 0 Å². The van der Waals surface area contributed by atoms with E-state index in [2.05, 4.69) is 5.32 Å². The van der Waals surface area contributed by atoms with Crippen LogP contribution in [0.4, 0.5) is 18.9 Å². The number of halogens is 3. The lowest BCUT2D eigenvalue weighted by Gasteiger charge is -2.23. The zero-order valence-corrected chi connectivity index (χ0v) is 12.3. The van der Waals surface area contributed by atoms with E-state index in [1.165, 1.54) is 18.2 Å². The van der Waals surface area contributed by atoms with E-state index in [1.807, 2.05) is 20.8 Å². The SMILES string of the molecule is CCC(Nc1ccccc1S(=O)(=O)C(F)(F)F)C(C)C. The van der Waals surface area contributed by atoms with Crippen LogP contribution in [-0.2, 0) is 9.84 Å². The van der Waals surface area contributed by atoms with Gasteiger partial charge in [-0.3, -0.25) is 0 Å². The minimum Gasteiger partial charge on any atom is -0.381 e. The summed E-state index contributed by atoms with van der Waals surface area (Å²) in [6.07, 6.45) is 0.679. The Balaban J connectivity index is 3.26. The number of rotatable bonds is 5. The number of hydrogen-bond donors (Lipinski definition) is 1. The first-order chi connectivity index (χ1) is 9.11. The van der Waals surface area contributed by atoms with Gasteiger partial charge >= 0.3 is 5.51 Å². The molecule has 1 unspecified atom stereocenters. The van der Waals surface area contributed by atoms with Crippen LogP contribution in [-0.4, -0.2) is 20.0 Å². The van der Waals surface area contributed by atoms with E-state index >= 15 is 0 Å². The zero-order valence-electron chi connectivity index (χ0n) is 11.5. The van der Waals surface area contributed by atoms with Gasteiger partial charge in [-0.25, -0.2) is 8.42 Å². The second-order valence-corrected chi connectivity index (χ2v) is 6.76. The van der Waals surface area contributed by atoms with E-state index in [9.17, 15) is 21.6 Å². The average Bonchev–Trinajstić information content (AvgIpc) is 2.34. The van der Waals surface area contributed by atoms with E-state index in [-0.39, 0.29) is 17.6 Å². The van der Waals surface area contributed by atoms with Gasteiger partial charge in [-0.1, -0.05) is 32.9 Å². The normalized spacial score (nSPS) is 14.3. The van der Waals surface area contributed by atoms with Gasteiger partial charge in [-0.05, 0) is 24.5 Å². The van der Waals surface area contributed by atoms with Crippen LogP contribution in [0.2, 0.25) is 0 Å². The van der Waals surface area contributed by atoms with Crippen molar-refractivity contribution in [2.24, 2.45) is 5.92 Å². The molecule has 20 heavy (non-hydrogen) atoms. The molecule has 0 spiro atoms. The quantitative estimate of drug-likeness (QED) is 0.899. The van der Waals surface area contributed by atoms with Crippen molar-refractivity contribution in [2.45, 2.75) is 43.6 Å². The molecule has 0 aliphatic carbocycles. The van der Waals surface area contributed by atoms with Crippen molar-refractivity contribution in [1.82, 2.24) is 0 Å². The molecule has 0 aromatic heterocycles. The molecule has 0 saturated heterocycles. The molecule has 0 bridgehead atoms. The molecule has 7 heteroatoms. The van der Waals surface area contributed by atoms with Crippen LogP contribution in [0.15, 0.2) is 29.2 Å². The lowest BCUT2D eigenvalue weighted by molar-refractivity contribution is -0.0435. The van der Waals surface area contributed by atoms with Crippen LogP contribution in [0.25, 0.3) is 0 Å². The Morgan fingerprint density at radius 1 is 1.20 bits per heavy atom. The summed E-state index contributed by atoms with van der Waals surface area (Å²) < 4.78 is 61.1. The van der Waals surface area contributed by atoms with E-state index in [0.29, 0.717) is 6.42 Å². The van der Waals surface area contributed by atoms with Crippen molar-refractivity contribution in [2.75, 3.05) is 5.32 Å². The first-order valence-electron chi connectivity index (χ1n) is 6.28. The Morgan fingerprint density at radius 2 is 1.75 bits per heavy atom. The lowest BCUT2D eigenvalue weighted by atomic mass is 10.0. The smallest absolute Gasteiger partial charge is 0.381 e. The van der Waals surface area contributed by atoms with Crippen molar-refractivity contribution in [3.8, 4) is 0 Å². The molecule has 1 aromatic carbocycles. The summed E-state index contributed by atoms with van der Waals surface area (Å²) in [6, 6.07) is 5.01. The van der Waals surface area contributed by atoms with Crippen molar-refractivity contribution in [3.05, 3.63) is 24.3 Å². The average molecular weight is 309 g/mol. The Bertz CT molecular complexity index is 553. The van der Waals surface area contributed by atoms with Gasteiger partial charge in [-0.2, -0.15) is 13.2 Å². The van der Waals surface area contributed by atoms with Gasteiger partial charge in [0.1, 0.15) is 0 Å². The number of hydrogen-bond acceptors (Lipinski definition) is 3. The summed E-state index contributed by atoms with van der Waals surface area (Å²) in [7, 11) is -5.35. The second-order valence-electron chi connectivity index (χ2n) is 4.85. The summed E-state index contributed by atoms with van der Waals surface area (Å²) >= 11 is 0. The second kappa shape index (κ2) is 6.03. The predicted octanol–water partition coefficient (Wildman–Crippen LogP) is 3.83. The Morgan fingerprint density at radius 3 is 2.20 bits per heavy atom. The van der Waals surface area contributed by atoms with Crippen LogP contribution in [0.1, 0.15) is 27.2 Å². The van der Waals surface area contributed by atoms with Crippen LogP contribution < -0.4 is 5.32 Å². The third kappa shape index (κ3) is 3.45. The summed E-state index contributed by atoms with van der Waals surface area (Å²) in [5, 5.41) is 2.90. The van der Waals surface area contributed by atoms with E-state index in [0.717, 1.165) is 6.07 Å². The zero-order chi connectivity index (χ0) is 15.6. The summed E-state index contributed by atoms with van der Waals surface area (Å²) in [5.74, 6) is 0.168. The molecule has 114 valence electrons. The highest BCUT2D eigenvalue weighted by Crippen LogP contribution is 2.34. The molecular weight excluding hydrogens is 291 g/mol. The number of alkyl halides is 3. The van der Waals surface area contributed by atoms with E-state index in [1.54, 1.807) is 0 Å².